The predicted molar refractivity (Wildman–Crippen MR) is 143 cm³/mol. The minimum Gasteiger partial charge on any atom is -0.377 e. The van der Waals surface area contributed by atoms with Crippen molar-refractivity contribution in [3.63, 3.8) is 0 Å². The fourth-order valence-electron chi connectivity index (χ4n) is 3.79. The molecule has 2 N–H and O–H groups in total. The van der Waals surface area contributed by atoms with Gasteiger partial charge in [0, 0.05) is 32.1 Å². The first-order valence-electron chi connectivity index (χ1n) is 11.0. The highest BCUT2D eigenvalue weighted by Crippen LogP contribution is 2.28. The summed E-state index contributed by atoms with van der Waals surface area (Å²) in [7, 11) is 3.46. The highest BCUT2D eigenvalue weighted by molar-refractivity contribution is 7.97. The van der Waals surface area contributed by atoms with E-state index < -0.39 is 0 Å². The van der Waals surface area contributed by atoms with Crippen molar-refractivity contribution in [2.45, 2.75) is 19.9 Å². The zero-order valence-electron chi connectivity index (χ0n) is 20.4. The van der Waals surface area contributed by atoms with E-state index in [0.29, 0.717) is 22.4 Å². The van der Waals surface area contributed by atoms with Gasteiger partial charge in [0.15, 0.2) is 11.5 Å². The number of aromatic nitrogens is 5. The number of hydrogen-bond acceptors (Lipinski definition) is 7. The Hall–Kier alpha value is -3.81. The monoisotopic (exact) mass is 521 g/mol. The van der Waals surface area contributed by atoms with Crippen LogP contribution in [0.2, 0.25) is 5.15 Å². The summed E-state index contributed by atoms with van der Waals surface area (Å²) in [6.45, 7) is 3.85. The van der Waals surface area contributed by atoms with Gasteiger partial charge in [0.2, 0.25) is 0 Å². The highest BCUT2D eigenvalue weighted by atomic mass is 35.5. The molecule has 1 unspecified atom stereocenters. The SMILES string of the molecule is CSNC(=O)c1nc(Cl)ccc1NC(C)c1cc(C)cc2c(=O)n(C)c(C#Cc3cnn(C)c3)nc12. The van der Waals surface area contributed by atoms with Crippen LogP contribution in [0.3, 0.4) is 0 Å². The summed E-state index contributed by atoms with van der Waals surface area (Å²) in [6, 6.07) is 6.78. The first-order valence-corrected chi connectivity index (χ1v) is 12.6. The van der Waals surface area contributed by atoms with Gasteiger partial charge in [-0.25, -0.2) is 9.97 Å². The minimum atomic E-state index is -0.367. The molecule has 0 saturated carbocycles. The number of amides is 1. The lowest BCUT2D eigenvalue weighted by Crippen LogP contribution is -2.23. The summed E-state index contributed by atoms with van der Waals surface area (Å²) in [5.74, 6) is 5.98. The third-order valence-corrected chi connectivity index (χ3v) is 6.09. The lowest BCUT2D eigenvalue weighted by molar-refractivity contribution is 0.0980. The van der Waals surface area contributed by atoms with E-state index in [-0.39, 0.29) is 28.4 Å². The van der Waals surface area contributed by atoms with Crippen molar-refractivity contribution < 1.29 is 4.79 Å². The van der Waals surface area contributed by atoms with E-state index in [1.165, 1.54) is 16.5 Å². The topological polar surface area (TPSA) is 107 Å². The molecule has 184 valence electrons. The first-order chi connectivity index (χ1) is 17.2. The number of anilines is 1. The van der Waals surface area contributed by atoms with Crippen LogP contribution in [0.15, 0.2) is 41.5 Å². The molecule has 0 aliphatic heterocycles. The zero-order chi connectivity index (χ0) is 26.0. The van der Waals surface area contributed by atoms with Gasteiger partial charge in [-0.1, -0.05) is 35.5 Å². The van der Waals surface area contributed by atoms with E-state index in [0.717, 1.165) is 16.7 Å². The number of benzene rings is 1. The van der Waals surface area contributed by atoms with Gasteiger partial charge in [-0.15, -0.1) is 0 Å². The molecule has 9 nitrogen and oxygen atoms in total. The number of halogens is 1. The fraction of sp³-hybridized carbons (Fsp3) is 0.240. The molecule has 0 radical (unpaired) electrons. The summed E-state index contributed by atoms with van der Waals surface area (Å²) in [6.07, 6.45) is 5.19. The van der Waals surface area contributed by atoms with Crippen LogP contribution in [0, 0.1) is 18.8 Å². The van der Waals surface area contributed by atoms with E-state index in [1.807, 2.05) is 33.0 Å². The molecule has 0 aliphatic carbocycles. The maximum absolute atomic E-state index is 13.2. The highest BCUT2D eigenvalue weighted by Gasteiger charge is 2.20. The number of carbonyl (C=O) groups is 1. The molecule has 36 heavy (non-hydrogen) atoms. The molecule has 4 aromatic rings. The molecular formula is C25H24ClN7O2S. The molecule has 0 aliphatic rings. The Kier molecular flexibility index (Phi) is 7.33. The number of pyridine rings is 1. The fourth-order valence-corrected chi connectivity index (χ4v) is 4.21. The van der Waals surface area contributed by atoms with Gasteiger partial charge in [-0.3, -0.25) is 23.6 Å². The van der Waals surface area contributed by atoms with E-state index in [1.54, 1.807) is 42.5 Å². The van der Waals surface area contributed by atoms with Crippen LogP contribution in [0.5, 0.6) is 0 Å². The Bertz CT molecular complexity index is 1600. The van der Waals surface area contributed by atoms with Gasteiger partial charge >= 0.3 is 0 Å². The third-order valence-electron chi connectivity index (χ3n) is 5.49. The molecule has 4 rings (SSSR count). The van der Waals surface area contributed by atoms with Gasteiger partial charge in [0.1, 0.15) is 5.15 Å². The van der Waals surface area contributed by atoms with Gasteiger partial charge in [0.25, 0.3) is 11.5 Å². The number of rotatable bonds is 5. The molecule has 1 amide bonds. The molecule has 1 atom stereocenters. The maximum atomic E-state index is 13.2. The molecule has 11 heteroatoms. The lowest BCUT2D eigenvalue weighted by atomic mass is 10.0. The van der Waals surface area contributed by atoms with E-state index in [2.05, 4.69) is 32.0 Å². The molecule has 0 fully saturated rings. The van der Waals surface area contributed by atoms with Gasteiger partial charge in [-0.2, -0.15) is 5.10 Å². The summed E-state index contributed by atoms with van der Waals surface area (Å²) < 4.78 is 5.77. The van der Waals surface area contributed by atoms with Crippen LogP contribution in [0.25, 0.3) is 10.9 Å². The Morgan fingerprint density at radius 1 is 1.19 bits per heavy atom. The van der Waals surface area contributed by atoms with Crippen molar-refractivity contribution in [3.8, 4) is 11.8 Å². The van der Waals surface area contributed by atoms with Crippen molar-refractivity contribution >= 4 is 46.0 Å². The van der Waals surface area contributed by atoms with E-state index >= 15 is 0 Å². The second-order valence-electron chi connectivity index (χ2n) is 8.23. The number of nitrogens with one attached hydrogen (secondary N) is 2. The summed E-state index contributed by atoms with van der Waals surface area (Å²) in [5.41, 5.74) is 3.45. The van der Waals surface area contributed by atoms with Crippen LogP contribution < -0.4 is 15.6 Å². The van der Waals surface area contributed by atoms with Crippen molar-refractivity contribution in [1.82, 2.24) is 29.0 Å². The zero-order valence-corrected chi connectivity index (χ0v) is 22.0. The molecular weight excluding hydrogens is 498 g/mol. The van der Waals surface area contributed by atoms with Crippen molar-refractivity contribution in [3.05, 3.63) is 80.4 Å². The third kappa shape index (κ3) is 5.22. The van der Waals surface area contributed by atoms with E-state index in [9.17, 15) is 9.59 Å². The number of hydrogen-bond donors (Lipinski definition) is 2. The number of aryl methyl sites for hydroxylation is 2. The van der Waals surface area contributed by atoms with Crippen molar-refractivity contribution in [2.75, 3.05) is 11.6 Å². The largest absolute Gasteiger partial charge is 0.377 e. The van der Waals surface area contributed by atoms with Crippen molar-refractivity contribution in [1.29, 1.82) is 0 Å². The van der Waals surface area contributed by atoms with Crippen LogP contribution in [-0.4, -0.2) is 36.5 Å². The smallest absolute Gasteiger partial charge is 0.281 e. The Labute approximate surface area is 217 Å². The van der Waals surface area contributed by atoms with Crippen LogP contribution >= 0.6 is 23.5 Å². The van der Waals surface area contributed by atoms with Gasteiger partial charge in [0.05, 0.1) is 34.4 Å². The summed E-state index contributed by atoms with van der Waals surface area (Å²) >= 11 is 7.22. The molecule has 0 spiro atoms. The molecule has 0 saturated heterocycles. The Balaban J connectivity index is 1.80. The molecule has 1 aromatic carbocycles. The van der Waals surface area contributed by atoms with Crippen molar-refractivity contribution in [2.24, 2.45) is 14.1 Å². The standard InChI is InChI=1S/C25H24ClN7O2S/c1-14-10-17(15(2)28-19-7-8-20(26)29-23(19)24(34)31-36-5)22-18(11-14)25(35)33(4)21(30-22)9-6-16-12-27-32(3)13-16/h7-8,10-13,15,28H,1-5H3,(H,31,34). The molecule has 3 aromatic heterocycles. The van der Waals surface area contributed by atoms with Crippen LogP contribution in [0.4, 0.5) is 5.69 Å². The quantitative estimate of drug-likeness (QED) is 0.235. The van der Waals surface area contributed by atoms with Gasteiger partial charge in [-0.05, 0) is 43.5 Å². The predicted octanol–water partition coefficient (Wildman–Crippen LogP) is 3.60. The van der Waals surface area contributed by atoms with Crippen LogP contribution in [0.1, 0.15) is 46.0 Å². The Morgan fingerprint density at radius 3 is 2.67 bits per heavy atom. The summed E-state index contributed by atoms with van der Waals surface area (Å²) in [5, 5.41) is 8.15. The summed E-state index contributed by atoms with van der Waals surface area (Å²) in [4.78, 5) is 34.8. The van der Waals surface area contributed by atoms with E-state index in [4.69, 9.17) is 16.6 Å². The average molecular weight is 522 g/mol. The lowest BCUT2D eigenvalue weighted by Gasteiger charge is -2.20. The normalized spacial score (nSPS) is 11.6. The molecule has 3 heterocycles. The number of nitrogens with zero attached hydrogens (tertiary/aromatic N) is 5. The van der Waals surface area contributed by atoms with Gasteiger partial charge < -0.3 is 5.32 Å². The minimum absolute atomic E-state index is 0.174. The second kappa shape index (κ2) is 10.4. The maximum Gasteiger partial charge on any atom is 0.281 e. The average Bonchev–Trinajstić information content (AvgIpc) is 3.26. The first kappa shape index (κ1) is 25.3. The second-order valence-corrected chi connectivity index (χ2v) is 9.23. The van der Waals surface area contributed by atoms with Crippen LogP contribution in [-0.2, 0) is 14.1 Å². The molecule has 0 bridgehead atoms. The Morgan fingerprint density at radius 2 is 1.97 bits per heavy atom. The number of carbonyl (C=O) groups excluding carboxylic acids is 1. The number of fused-ring (bicyclic) bond motifs is 1.